The van der Waals surface area contributed by atoms with Gasteiger partial charge in [-0.15, -0.1) is 0 Å². The van der Waals surface area contributed by atoms with Crippen LogP contribution in [0, 0.1) is 6.92 Å². The zero-order valence-electron chi connectivity index (χ0n) is 22.9. The number of benzene rings is 3. The standard InChI is InChI=1S/C29H35N3O6S/c1-6-30-29(34)22(3)31(19-23-14-12-21(2)13-15-23)28(33)20-32(39(35,36)25-10-8-7-9-11-25)24-16-17-26(37-4)27(18-24)38-5/h7-18,22H,6,19-20H2,1-5H3,(H,30,34). The molecule has 0 saturated carbocycles. The monoisotopic (exact) mass is 553 g/mol. The molecule has 0 aliphatic heterocycles. The van der Waals surface area contributed by atoms with Crippen LogP contribution in [0.3, 0.4) is 0 Å². The predicted molar refractivity (Wildman–Crippen MR) is 150 cm³/mol. The first-order valence-electron chi connectivity index (χ1n) is 12.5. The van der Waals surface area contributed by atoms with Crippen molar-refractivity contribution in [3.05, 3.63) is 83.9 Å². The van der Waals surface area contributed by atoms with E-state index in [9.17, 15) is 18.0 Å². The maximum atomic E-state index is 13.9. The zero-order valence-corrected chi connectivity index (χ0v) is 23.7. The highest BCUT2D eigenvalue weighted by Gasteiger charge is 2.32. The average molecular weight is 554 g/mol. The Hall–Kier alpha value is -4.05. The number of aryl methyl sites for hydroxylation is 1. The molecule has 0 spiro atoms. The maximum absolute atomic E-state index is 13.9. The number of likely N-dealkylation sites (N-methyl/N-ethyl adjacent to an activating group) is 1. The van der Waals surface area contributed by atoms with Crippen molar-refractivity contribution >= 4 is 27.5 Å². The van der Waals surface area contributed by atoms with E-state index in [-0.39, 0.29) is 23.0 Å². The number of carbonyl (C=O) groups excluding carboxylic acids is 2. The van der Waals surface area contributed by atoms with Crippen LogP contribution in [0.4, 0.5) is 5.69 Å². The van der Waals surface area contributed by atoms with E-state index in [1.807, 2.05) is 31.2 Å². The van der Waals surface area contributed by atoms with E-state index < -0.39 is 28.5 Å². The van der Waals surface area contributed by atoms with Gasteiger partial charge in [-0.2, -0.15) is 0 Å². The summed E-state index contributed by atoms with van der Waals surface area (Å²) in [4.78, 5) is 28.1. The van der Waals surface area contributed by atoms with E-state index in [1.54, 1.807) is 44.2 Å². The second-order valence-corrected chi connectivity index (χ2v) is 10.8. The molecule has 0 aliphatic rings. The van der Waals surface area contributed by atoms with E-state index >= 15 is 0 Å². The first kappa shape index (κ1) is 29.5. The molecule has 3 rings (SSSR count). The molecule has 1 N–H and O–H groups in total. The molecule has 0 aliphatic carbocycles. The molecule has 0 radical (unpaired) electrons. The minimum atomic E-state index is -4.17. The molecule has 1 atom stereocenters. The van der Waals surface area contributed by atoms with Gasteiger partial charge in [0.15, 0.2) is 11.5 Å². The average Bonchev–Trinajstić information content (AvgIpc) is 2.95. The van der Waals surface area contributed by atoms with Crippen LogP contribution in [0.1, 0.15) is 25.0 Å². The third kappa shape index (κ3) is 7.08. The van der Waals surface area contributed by atoms with Gasteiger partial charge in [0.2, 0.25) is 11.8 Å². The lowest BCUT2D eigenvalue weighted by Crippen LogP contribution is -2.51. The van der Waals surface area contributed by atoms with Crippen LogP contribution < -0.4 is 19.1 Å². The van der Waals surface area contributed by atoms with E-state index in [2.05, 4.69) is 5.32 Å². The molecule has 9 nitrogen and oxygen atoms in total. The van der Waals surface area contributed by atoms with Gasteiger partial charge in [0.05, 0.1) is 24.8 Å². The smallest absolute Gasteiger partial charge is 0.264 e. The van der Waals surface area contributed by atoms with Crippen molar-refractivity contribution in [1.29, 1.82) is 0 Å². The molecule has 0 bridgehead atoms. The quantitative estimate of drug-likeness (QED) is 0.366. The van der Waals surface area contributed by atoms with Crippen molar-refractivity contribution < 1.29 is 27.5 Å². The molecule has 0 fully saturated rings. The number of amides is 2. The zero-order chi connectivity index (χ0) is 28.6. The Labute approximate surface area is 230 Å². The fraction of sp³-hybridized carbons (Fsp3) is 0.310. The largest absolute Gasteiger partial charge is 0.493 e. The van der Waals surface area contributed by atoms with Gasteiger partial charge in [-0.1, -0.05) is 48.0 Å². The molecule has 3 aromatic carbocycles. The number of carbonyl (C=O) groups is 2. The lowest BCUT2D eigenvalue weighted by Gasteiger charge is -2.32. The van der Waals surface area contributed by atoms with Crippen molar-refractivity contribution in [2.24, 2.45) is 0 Å². The molecule has 0 saturated heterocycles. The lowest BCUT2D eigenvalue weighted by molar-refractivity contribution is -0.139. The summed E-state index contributed by atoms with van der Waals surface area (Å²) in [7, 11) is -1.25. The summed E-state index contributed by atoms with van der Waals surface area (Å²) >= 11 is 0. The fourth-order valence-corrected chi connectivity index (χ4v) is 5.45. The van der Waals surface area contributed by atoms with Crippen LogP contribution in [0.25, 0.3) is 0 Å². The van der Waals surface area contributed by atoms with Gasteiger partial charge in [0, 0.05) is 19.2 Å². The van der Waals surface area contributed by atoms with Gasteiger partial charge >= 0.3 is 0 Å². The molecular formula is C29H35N3O6S. The number of ether oxygens (including phenoxy) is 2. The van der Waals surface area contributed by atoms with Crippen LogP contribution in [0.5, 0.6) is 11.5 Å². The van der Waals surface area contributed by atoms with Crippen molar-refractivity contribution in [3.8, 4) is 11.5 Å². The highest BCUT2D eigenvalue weighted by molar-refractivity contribution is 7.92. The SMILES string of the molecule is CCNC(=O)C(C)N(Cc1ccc(C)cc1)C(=O)CN(c1ccc(OC)c(OC)c1)S(=O)(=O)c1ccccc1. The highest BCUT2D eigenvalue weighted by atomic mass is 32.2. The molecule has 2 amide bonds. The van der Waals surface area contributed by atoms with Crippen LogP contribution in [-0.4, -0.2) is 58.5 Å². The van der Waals surface area contributed by atoms with Gasteiger partial charge in [-0.25, -0.2) is 8.42 Å². The Morgan fingerprint density at radius 1 is 0.923 bits per heavy atom. The molecule has 0 aromatic heterocycles. The summed E-state index contributed by atoms with van der Waals surface area (Å²) in [6.07, 6.45) is 0. The molecule has 0 heterocycles. The Balaban J connectivity index is 2.07. The molecular weight excluding hydrogens is 518 g/mol. The van der Waals surface area contributed by atoms with E-state index in [0.717, 1.165) is 15.4 Å². The van der Waals surface area contributed by atoms with Gasteiger partial charge in [-0.05, 0) is 50.6 Å². The van der Waals surface area contributed by atoms with E-state index in [0.29, 0.717) is 18.0 Å². The number of hydrogen-bond donors (Lipinski definition) is 1. The van der Waals surface area contributed by atoms with Gasteiger partial charge in [0.25, 0.3) is 10.0 Å². The number of rotatable bonds is 12. The Morgan fingerprint density at radius 3 is 2.15 bits per heavy atom. The maximum Gasteiger partial charge on any atom is 0.264 e. The first-order chi connectivity index (χ1) is 18.6. The first-order valence-corrected chi connectivity index (χ1v) is 14.0. The van der Waals surface area contributed by atoms with E-state index in [4.69, 9.17) is 9.47 Å². The lowest BCUT2D eigenvalue weighted by atomic mass is 10.1. The highest BCUT2D eigenvalue weighted by Crippen LogP contribution is 2.34. The van der Waals surface area contributed by atoms with Crippen molar-refractivity contribution in [2.75, 3.05) is 31.6 Å². The summed E-state index contributed by atoms with van der Waals surface area (Å²) < 4.78 is 39.4. The van der Waals surface area contributed by atoms with Gasteiger partial charge < -0.3 is 19.7 Å². The number of sulfonamides is 1. The number of hydrogen-bond acceptors (Lipinski definition) is 6. The molecule has 1 unspecified atom stereocenters. The minimum Gasteiger partial charge on any atom is -0.493 e. The summed E-state index contributed by atoms with van der Waals surface area (Å²) in [5.74, 6) is -0.149. The van der Waals surface area contributed by atoms with Crippen molar-refractivity contribution in [1.82, 2.24) is 10.2 Å². The van der Waals surface area contributed by atoms with Gasteiger partial charge in [0.1, 0.15) is 12.6 Å². The number of nitrogens with one attached hydrogen (secondary N) is 1. The Morgan fingerprint density at radius 2 is 1.56 bits per heavy atom. The Kier molecular flexibility index (Phi) is 9.95. The predicted octanol–water partition coefficient (Wildman–Crippen LogP) is 3.76. The van der Waals surface area contributed by atoms with Gasteiger partial charge in [-0.3, -0.25) is 13.9 Å². The summed E-state index contributed by atoms with van der Waals surface area (Å²) in [6.45, 7) is 5.37. The minimum absolute atomic E-state index is 0.0226. The summed E-state index contributed by atoms with van der Waals surface area (Å²) in [5, 5.41) is 2.75. The molecule has 39 heavy (non-hydrogen) atoms. The normalized spacial score (nSPS) is 11.8. The van der Waals surface area contributed by atoms with Crippen molar-refractivity contribution in [2.45, 2.75) is 38.3 Å². The second-order valence-electron chi connectivity index (χ2n) is 8.94. The van der Waals surface area contributed by atoms with Crippen LogP contribution in [0.15, 0.2) is 77.7 Å². The fourth-order valence-electron chi connectivity index (χ4n) is 4.02. The van der Waals surface area contributed by atoms with E-state index in [1.165, 1.54) is 37.3 Å². The van der Waals surface area contributed by atoms with Crippen molar-refractivity contribution in [3.63, 3.8) is 0 Å². The number of nitrogens with zero attached hydrogens (tertiary/aromatic N) is 2. The third-order valence-electron chi connectivity index (χ3n) is 6.26. The summed E-state index contributed by atoms with van der Waals surface area (Å²) in [5.41, 5.74) is 2.08. The third-order valence-corrected chi connectivity index (χ3v) is 8.05. The summed E-state index contributed by atoms with van der Waals surface area (Å²) in [6, 6.07) is 19.3. The van der Waals surface area contributed by atoms with Crippen LogP contribution >= 0.6 is 0 Å². The Bertz CT molecular complexity index is 1380. The van der Waals surface area contributed by atoms with Crippen LogP contribution in [-0.2, 0) is 26.2 Å². The topological polar surface area (TPSA) is 105 Å². The second kappa shape index (κ2) is 13.1. The molecule has 10 heteroatoms. The van der Waals surface area contributed by atoms with Crippen LogP contribution in [0.2, 0.25) is 0 Å². The molecule has 3 aromatic rings. The number of anilines is 1. The number of methoxy groups -OCH3 is 2. The molecule has 208 valence electrons.